The fourth-order valence-corrected chi connectivity index (χ4v) is 4.50. The van der Waals surface area contributed by atoms with Gasteiger partial charge in [0, 0.05) is 50.4 Å². The highest BCUT2D eigenvalue weighted by Gasteiger charge is 2.26. The van der Waals surface area contributed by atoms with E-state index in [1.165, 1.54) is 0 Å². The number of rotatable bonds is 5. The van der Waals surface area contributed by atoms with Crippen molar-refractivity contribution in [3.63, 3.8) is 0 Å². The normalized spacial score (nSPS) is 17.1. The van der Waals surface area contributed by atoms with Crippen LogP contribution in [0.15, 0.2) is 66.9 Å². The van der Waals surface area contributed by atoms with Gasteiger partial charge < -0.3 is 14.5 Å². The third-order valence-electron chi connectivity index (χ3n) is 6.43. The van der Waals surface area contributed by atoms with Gasteiger partial charge in [-0.1, -0.05) is 36.4 Å². The van der Waals surface area contributed by atoms with E-state index in [2.05, 4.69) is 10.00 Å². The van der Waals surface area contributed by atoms with Crippen molar-refractivity contribution in [2.75, 3.05) is 59.0 Å². The minimum Gasteiger partial charge on any atom is -0.379 e. The van der Waals surface area contributed by atoms with Crippen molar-refractivity contribution in [3.8, 4) is 16.9 Å². The van der Waals surface area contributed by atoms with E-state index in [1.807, 2.05) is 75.1 Å². The minimum atomic E-state index is -0.0180. The van der Waals surface area contributed by atoms with Crippen LogP contribution in [0.3, 0.4) is 0 Å². The molecule has 2 amide bonds. The number of carbonyl (C=O) groups is 2. The van der Waals surface area contributed by atoms with E-state index in [4.69, 9.17) is 4.74 Å². The zero-order valence-electron chi connectivity index (χ0n) is 19.2. The van der Waals surface area contributed by atoms with E-state index < -0.39 is 0 Å². The van der Waals surface area contributed by atoms with Gasteiger partial charge in [0.05, 0.1) is 37.3 Å². The summed E-state index contributed by atoms with van der Waals surface area (Å²) in [6.45, 7) is 5.57. The molecule has 1 aromatic heterocycles. The van der Waals surface area contributed by atoms with Gasteiger partial charge in [0.1, 0.15) is 0 Å². The highest BCUT2D eigenvalue weighted by atomic mass is 16.5. The first-order valence-electron chi connectivity index (χ1n) is 11.8. The second kappa shape index (κ2) is 10.2. The quantitative estimate of drug-likeness (QED) is 0.585. The molecule has 5 rings (SSSR count). The number of morpholine rings is 1. The Kier molecular flexibility index (Phi) is 6.69. The van der Waals surface area contributed by atoms with Crippen LogP contribution in [0.4, 0.5) is 0 Å². The number of amides is 2. The van der Waals surface area contributed by atoms with E-state index in [1.54, 1.807) is 6.20 Å². The van der Waals surface area contributed by atoms with Gasteiger partial charge in [-0.05, 0) is 24.3 Å². The molecular formula is C26H29N5O3. The summed E-state index contributed by atoms with van der Waals surface area (Å²) in [5, 5.41) is 4.49. The molecule has 2 aliphatic rings. The zero-order chi connectivity index (χ0) is 23.3. The molecule has 3 aromatic rings. The molecule has 3 heterocycles. The van der Waals surface area contributed by atoms with E-state index in [9.17, 15) is 9.59 Å². The van der Waals surface area contributed by atoms with Crippen LogP contribution in [0.2, 0.25) is 0 Å². The van der Waals surface area contributed by atoms with Crippen LogP contribution in [0.25, 0.3) is 16.9 Å². The third-order valence-corrected chi connectivity index (χ3v) is 6.43. The Morgan fingerprint density at radius 1 is 0.824 bits per heavy atom. The lowest BCUT2D eigenvalue weighted by molar-refractivity contribution is -0.134. The SMILES string of the molecule is O=C(CN1CCOCC1)N1CCN(C(=O)c2cccc(-n3nccc3-c3ccccc3)c2)CC1. The van der Waals surface area contributed by atoms with Crippen LogP contribution >= 0.6 is 0 Å². The van der Waals surface area contributed by atoms with E-state index >= 15 is 0 Å². The lowest BCUT2D eigenvalue weighted by Crippen LogP contribution is -2.53. The number of piperazine rings is 1. The molecule has 34 heavy (non-hydrogen) atoms. The Morgan fingerprint density at radius 3 is 2.32 bits per heavy atom. The lowest BCUT2D eigenvalue weighted by atomic mass is 10.1. The average Bonchev–Trinajstić information content (AvgIpc) is 3.40. The summed E-state index contributed by atoms with van der Waals surface area (Å²) in [5.41, 5.74) is 3.50. The molecule has 0 saturated carbocycles. The molecular weight excluding hydrogens is 430 g/mol. The molecule has 2 saturated heterocycles. The smallest absolute Gasteiger partial charge is 0.254 e. The molecule has 8 heteroatoms. The molecule has 8 nitrogen and oxygen atoms in total. The standard InChI is InChI=1S/C26H29N5O3/c32-25(20-28-15-17-34-18-16-28)29-11-13-30(14-12-29)26(33)22-7-4-8-23(19-22)31-24(9-10-27-31)21-5-2-1-3-6-21/h1-10,19H,11-18,20H2. The molecule has 2 fully saturated rings. The topological polar surface area (TPSA) is 70.9 Å². The summed E-state index contributed by atoms with van der Waals surface area (Å²) >= 11 is 0. The Balaban J connectivity index is 1.23. The monoisotopic (exact) mass is 459 g/mol. The Hall–Kier alpha value is -3.49. The van der Waals surface area contributed by atoms with Gasteiger partial charge >= 0.3 is 0 Å². The van der Waals surface area contributed by atoms with Crippen molar-refractivity contribution in [3.05, 3.63) is 72.4 Å². The molecule has 0 radical (unpaired) electrons. The highest BCUT2D eigenvalue weighted by Crippen LogP contribution is 2.23. The van der Waals surface area contributed by atoms with Crippen molar-refractivity contribution < 1.29 is 14.3 Å². The summed E-state index contributed by atoms with van der Waals surface area (Å²) in [7, 11) is 0. The van der Waals surface area contributed by atoms with E-state index in [-0.39, 0.29) is 11.8 Å². The van der Waals surface area contributed by atoms with Gasteiger partial charge in [-0.3, -0.25) is 14.5 Å². The molecule has 2 aliphatic heterocycles. The first kappa shape index (κ1) is 22.3. The van der Waals surface area contributed by atoms with Crippen molar-refractivity contribution in [1.29, 1.82) is 0 Å². The number of nitrogens with zero attached hydrogens (tertiary/aromatic N) is 5. The lowest BCUT2D eigenvalue weighted by Gasteiger charge is -2.36. The third kappa shape index (κ3) is 4.88. The Bertz CT molecular complexity index is 1130. The Labute approximate surface area is 199 Å². The van der Waals surface area contributed by atoms with Crippen LogP contribution in [0.5, 0.6) is 0 Å². The van der Waals surface area contributed by atoms with Gasteiger partial charge in [-0.15, -0.1) is 0 Å². The molecule has 0 N–H and O–H groups in total. The van der Waals surface area contributed by atoms with Gasteiger partial charge in [0.25, 0.3) is 5.91 Å². The molecule has 0 atom stereocenters. The van der Waals surface area contributed by atoms with Crippen LogP contribution in [0, 0.1) is 0 Å². The number of benzene rings is 2. The largest absolute Gasteiger partial charge is 0.379 e. The predicted molar refractivity (Wildman–Crippen MR) is 129 cm³/mol. The van der Waals surface area contributed by atoms with Crippen molar-refractivity contribution >= 4 is 11.8 Å². The number of carbonyl (C=O) groups excluding carboxylic acids is 2. The number of hydrogen-bond donors (Lipinski definition) is 0. The summed E-state index contributed by atoms with van der Waals surface area (Å²) in [6, 6.07) is 19.6. The van der Waals surface area contributed by atoms with Gasteiger partial charge in [-0.25, -0.2) is 4.68 Å². The van der Waals surface area contributed by atoms with Crippen molar-refractivity contribution in [2.45, 2.75) is 0 Å². The second-order valence-corrected chi connectivity index (χ2v) is 8.61. The summed E-state index contributed by atoms with van der Waals surface area (Å²) < 4.78 is 7.21. The molecule has 0 bridgehead atoms. The minimum absolute atomic E-state index is 0.0180. The number of ether oxygens (including phenoxy) is 1. The van der Waals surface area contributed by atoms with Crippen LogP contribution in [0.1, 0.15) is 10.4 Å². The molecule has 176 valence electrons. The van der Waals surface area contributed by atoms with E-state index in [0.29, 0.717) is 51.5 Å². The Morgan fingerprint density at radius 2 is 1.56 bits per heavy atom. The summed E-state index contributed by atoms with van der Waals surface area (Å²) in [6.07, 6.45) is 1.77. The van der Waals surface area contributed by atoms with E-state index in [0.717, 1.165) is 30.0 Å². The summed E-state index contributed by atoms with van der Waals surface area (Å²) in [4.78, 5) is 31.7. The van der Waals surface area contributed by atoms with Crippen LogP contribution in [-0.2, 0) is 9.53 Å². The van der Waals surface area contributed by atoms with Gasteiger partial charge in [0.15, 0.2) is 0 Å². The first-order valence-corrected chi connectivity index (χ1v) is 11.8. The number of aromatic nitrogens is 2. The fraction of sp³-hybridized carbons (Fsp3) is 0.346. The highest BCUT2D eigenvalue weighted by molar-refractivity contribution is 5.95. The van der Waals surface area contributed by atoms with Crippen LogP contribution < -0.4 is 0 Å². The van der Waals surface area contributed by atoms with Crippen molar-refractivity contribution in [1.82, 2.24) is 24.5 Å². The summed E-state index contributed by atoms with van der Waals surface area (Å²) in [5.74, 6) is 0.110. The molecule has 2 aromatic carbocycles. The van der Waals surface area contributed by atoms with Crippen molar-refractivity contribution in [2.24, 2.45) is 0 Å². The molecule has 0 aliphatic carbocycles. The second-order valence-electron chi connectivity index (χ2n) is 8.61. The average molecular weight is 460 g/mol. The molecule has 0 unspecified atom stereocenters. The zero-order valence-corrected chi connectivity index (χ0v) is 19.2. The maximum absolute atomic E-state index is 13.2. The maximum atomic E-state index is 13.2. The number of hydrogen-bond acceptors (Lipinski definition) is 5. The first-order chi connectivity index (χ1) is 16.7. The fourth-order valence-electron chi connectivity index (χ4n) is 4.50. The van der Waals surface area contributed by atoms with Gasteiger partial charge in [0.2, 0.25) is 5.91 Å². The molecule has 0 spiro atoms. The van der Waals surface area contributed by atoms with Crippen LogP contribution in [-0.4, -0.2) is 95.3 Å². The predicted octanol–water partition coefficient (Wildman–Crippen LogP) is 2.16. The maximum Gasteiger partial charge on any atom is 0.254 e. The van der Waals surface area contributed by atoms with Gasteiger partial charge in [-0.2, -0.15) is 5.10 Å².